The van der Waals surface area contributed by atoms with Crippen molar-refractivity contribution < 1.29 is 9.53 Å². The van der Waals surface area contributed by atoms with E-state index in [1.54, 1.807) is 19.1 Å². The zero-order chi connectivity index (χ0) is 10.0. The number of carbonyl (C=O) groups excluding carboxylic acids is 1. The molecule has 1 aromatic rings. The summed E-state index contributed by atoms with van der Waals surface area (Å²) in [6, 6.07) is 3.23. The van der Waals surface area contributed by atoms with Crippen molar-refractivity contribution in [3.8, 4) is 5.75 Å². The first-order chi connectivity index (χ1) is 6.06. The average Bonchev–Trinajstić information content (AvgIpc) is 2.01. The molecule has 0 radical (unpaired) electrons. The van der Waals surface area contributed by atoms with Gasteiger partial charge in [0.2, 0.25) is 0 Å². The summed E-state index contributed by atoms with van der Waals surface area (Å²) in [5.41, 5.74) is 1.08. The van der Waals surface area contributed by atoms with Crippen LogP contribution in [0.4, 0.5) is 0 Å². The van der Waals surface area contributed by atoms with Gasteiger partial charge < -0.3 is 4.74 Å². The van der Waals surface area contributed by atoms with Gasteiger partial charge in [0.15, 0.2) is 0 Å². The van der Waals surface area contributed by atoms with Gasteiger partial charge in [-0.2, -0.15) is 0 Å². The fraction of sp³-hybridized carbons (Fsp3) is 0.222. The smallest absolute Gasteiger partial charge is 0.256 e. The van der Waals surface area contributed by atoms with Crippen LogP contribution in [0.3, 0.4) is 0 Å². The van der Waals surface area contributed by atoms with Crippen molar-refractivity contribution in [3.63, 3.8) is 0 Å². The van der Waals surface area contributed by atoms with Gasteiger partial charge in [-0.1, -0.05) is 11.6 Å². The summed E-state index contributed by atoms with van der Waals surface area (Å²) < 4.78 is 4.98. The van der Waals surface area contributed by atoms with Crippen LogP contribution in [0.1, 0.15) is 15.9 Å². The van der Waals surface area contributed by atoms with Gasteiger partial charge in [-0.25, -0.2) is 0 Å². The Hall–Kier alpha value is -0.730. The van der Waals surface area contributed by atoms with Crippen LogP contribution >= 0.6 is 23.2 Å². The number of halogens is 2. The highest BCUT2D eigenvalue weighted by Crippen LogP contribution is 2.28. The molecule has 70 valence electrons. The van der Waals surface area contributed by atoms with Gasteiger partial charge in [0, 0.05) is 5.02 Å². The standard InChI is InChI=1S/C9H8Cl2O2/c1-5-3-6(10)4-7(13-2)8(5)9(11)12/h3-4H,1-2H3. The second-order valence-electron chi connectivity index (χ2n) is 2.57. The van der Waals surface area contributed by atoms with Gasteiger partial charge in [0.1, 0.15) is 5.75 Å². The van der Waals surface area contributed by atoms with Crippen molar-refractivity contribution in [2.45, 2.75) is 6.92 Å². The number of rotatable bonds is 2. The fourth-order valence-corrected chi connectivity index (χ4v) is 1.63. The number of aryl methyl sites for hydroxylation is 1. The lowest BCUT2D eigenvalue weighted by molar-refractivity contribution is 0.107. The highest BCUT2D eigenvalue weighted by atomic mass is 35.5. The molecule has 0 aromatic heterocycles. The van der Waals surface area contributed by atoms with E-state index in [4.69, 9.17) is 27.9 Å². The molecule has 0 atom stereocenters. The SMILES string of the molecule is COc1cc(Cl)cc(C)c1C(=O)Cl. The van der Waals surface area contributed by atoms with Gasteiger partial charge in [-0.05, 0) is 36.2 Å². The third-order valence-electron chi connectivity index (χ3n) is 1.68. The van der Waals surface area contributed by atoms with Gasteiger partial charge in [-0.3, -0.25) is 4.79 Å². The Bertz CT molecular complexity index is 348. The summed E-state index contributed by atoms with van der Waals surface area (Å²) in [5.74, 6) is 0.407. The summed E-state index contributed by atoms with van der Waals surface area (Å²) in [6.45, 7) is 1.75. The molecule has 1 rings (SSSR count). The lowest BCUT2D eigenvalue weighted by atomic mass is 10.1. The monoisotopic (exact) mass is 218 g/mol. The third-order valence-corrected chi connectivity index (χ3v) is 2.09. The van der Waals surface area contributed by atoms with Crippen LogP contribution in [0.15, 0.2) is 12.1 Å². The molecule has 1 aromatic carbocycles. The quantitative estimate of drug-likeness (QED) is 0.714. The molecule has 0 aliphatic rings. The molecule has 0 saturated carbocycles. The maximum Gasteiger partial charge on any atom is 0.256 e. The molecular formula is C9H8Cl2O2. The third kappa shape index (κ3) is 2.14. The lowest BCUT2D eigenvalue weighted by Crippen LogP contribution is -1.98. The zero-order valence-electron chi connectivity index (χ0n) is 7.23. The zero-order valence-corrected chi connectivity index (χ0v) is 8.74. The van der Waals surface area contributed by atoms with E-state index >= 15 is 0 Å². The van der Waals surface area contributed by atoms with Crippen LogP contribution in [-0.4, -0.2) is 12.4 Å². The van der Waals surface area contributed by atoms with Crippen molar-refractivity contribution in [2.24, 2.45) is 0 Å². The van der Waals surface area contributed by atoms with E-state index in [1.165, 1.54) is 7.11 Å². The van der Waals surface area contributed by atoms with E-state index in [0.717, 1.165) is 0 Å². The highest BCUT2D eigenvalue weighted by Gasteiger charge is 2.13. The van der Waals surface area contributed by atoms with Crippen LogP contribution in [0.5, 0.6) is 5.75 Å². The Morgan fingerprint density at radius 1 is 1.46 bits per heavy atom. The number of hydrogen-bond acceptors (Lipinski definition) is 2. The molecule has 4 heteroatoms. The normalized spacial score (nSPS) is 9.85. The first-order valence-corrected chi connectivity index (χ1v) is 4.36. The highest BCUT2D eigenvalue weighted by molar-refractivity contribution is 6.68. The van der Waals surface area contributed by atoms with E-state index in [1.807, 2.05) is 0 Å². The van der Waals surface area contributed by atoms with Gasteiger partial charge in [0.05, 0.1) is 12.7 Å². The number of methoxy groups -OCH3 is 1. The summed E-state index contributed by atoms with van der Waals surface area (Å²) in [4.78, 5) is 11.0. The molecular weight excluding hydrogens is 211 g/mol. The van der Waals surface area contributed by atoms with Crippen LogP contribution in [0, 0.1) is 6.92 Å². The summed E-state index contributed by atoms with van der Waals surface area (Å²) in [6.07, 6.45) is 0. The van der Waals surface area contributed by atoms with E-state index < -0.39 is 5.24 Å². The van der Waals surface area contributed by atoms with Crippen molar-refractivity contribution in [3.05, 3.63) is 28.3 Å². The summed E-state index contributed by atoms with van der Waals surface area (Å²) >= 11 is 11.2. The second kappa shape index (κ2) is 3.99. The molecule has 0 aliphatic carbocycles. The molecule has 0 heterocycles. The topological polar surface area (TPSA) is 26.3 Å². The molecule has 2 nitrogen and oxygen atoms in total. The predicted octanol–water partition coefficient (Wildman–Crippen LogP) is 3.04. The number of hydrogen-bond donors (Lipinski definition) is 0. The van der Waals surface area contributed by atoms with Crippen molar-refractivity contribution in [2.75, 3.05) is 7.11 Å². The molecule has 0 saturated heterocycles. The molecule has 0 bridgehead atoms. The minimum absolute atomic E-state index is 0.369. The summed E-state index contributed by atoms with van der Waals surface area (Å²) in [7, 11) is 1.47. The average molecular weight is 219 g/mol. The largest absolute Gasteiger partial charge is 0.496 e. The Labute approximate surface area is 86.4 Å². The predicted molar refractivity (Wildman–Crippen MR) is 52.9 cm³/mol. The van der Waals surface area contributed by atoms with E-state index in [-0.39, 0.29) is 0 Å². The molecule has 0 unspecified atom stereocenters. The molecule has 0 fully saturated rings. The van der Waals surface area contributed by atoms with E-state index in [9.17, 15) is 4.79 Å². The van der Waals surface area contributed by atoms with E-state index in [2.05, 4.69) is 0 Å². The first kappa shape index (κ1) is 10.4. The molecule has 13 heavy (non-hydrogen) atoms. The molecule has 0 spiro atoms. The van der Waals surface area contributed by atoms with E-state index in [0.29, 0.717) is 21.9 Å². The lowest BCUT2D eigenvalue weighted by Gasteiger charge is -2.07. The van der Waals surface area contributed by atoms with Crippen LogP contribution in [0.2, 0.25) is 5.02 Å². The van der Waals surface area contributed by atoms with Crippen molar-refractivity contribution >= 4 is 28.4 Å². The maximum atomic E-state index is 11.0. The van der Waals surface area contributed by atoms with Crippen LogP contribution in [-0.2, 0) is 0 Å². The van der Waals surface area contributed by atoms with Crippen LogP contribution in [0.25, 0.3) is 0 Å². The van der Waals surface area contributed by atoms with Crippen molar-refractivity contribution in [1.29, 1.82) is 0 Å². The Morgan fingerprint density at radius 2 is 2.08 bits per heavy atom. The Kier molecular flexibility index (Phi) is 3.17. The fourth-order valence-electron chi connectivity index (χ4n) is 1.13. The number of carbonyl (C=O) groups is 1. The Balaban J connectivity index is 3.38. The summed E-state index contributed by atoms with van der Waals surface area (Å²) in [5, 5.41) is -0.0120. The van der Waals surface area contributed by atoms with Gasteiger partial charge in [-0.15, -0.1) is 0 Å². The minimum Gasteiger partial charge on any atom is -0.496 e. The molecule has 0 N–H and O–H groups in total. The molecule has 0 amide bonds. The first-order valence-electron chi connectivity index (χ1n) is 3.60. The molecule has 0 aliphatic heterocycles. The second-order valence-corrected chi connectivity index (χ2v) is 3.35. The Morgan fingerprint density at radius 3 is 2.54 bits per heavy atom. The number of benzene rings is 1. The number of ether oxygens (including phenoxy) is 1. The van der Waals surface area contributed by atoms with Gasteiger partial charge in [0.25, 0.3) is 5.24 Å². The van der Waals surface area contributed by atoms with Gasteiger partial charge >= 0.3 is 0 Å². The maximum absolute atomic E-state index is 11.0. The van der Waals surface area contributed by atoms with Crippen molar-refractivity contribution in [1.82, 2.24) is 0 Å². The van der Waals surface area contributed by atoms with Crippen LogP contribution < -0.4 is 4.74 Å². The minimum atomic E-state index is -0.536.